The molecule has 3 aromatic rings. The van der Waals surface area contributed by atoms with Crippen LogP contribution in [0.4, 0.5) is 0 Å². The molecule has 1 fully saturated rings. The molecule has 1 aromatic carbocycles. The summed E-state index contributed by atoms with van der Waals surface area (Å²) < 4.78 is 5.62. The molecule has 0 radical (unpaired) electrons. The highest BCUT2D eigenvalue weighted by atomic mass is 16.5. The number of benzene rings is 1. The van der Waals surface area contributed by atoms with Gasteiger partial charge in [-0.05, 0) is 24.1 Å². The van der Waals surface area contributed by atoms with Gasteiger partial charge in [0.05, 0.1) is 37.3 Å². The smallest absolute Gasteiger partial charge is 0.269 e. The summed E-state index contributed by atoms with van der Waals surface area (Å²) in [4.78, 5) is 23.3. The van der Waals surface area contributed by atoms with Crippen molar-refractivity contribution in [2.75, 3.05) is 13.2 Å². The number of hydrogen-bond acceptors (Lipinski definition) is 4. The van der Waals surface area contributed by atoms with Crippen LogP contribution >= 0.6 is 0 Å². The number of para-hydroxylation sites is 1. The maximum absolute atomic E-state index is 12.2. The van der Waals surface area contributed by atoms with Crippen LogP contribution < -0.4 is 5.32 Å². The summed E-state index contributed by atoms with van der Waals surface area (Å²) >= 11 is 0. The van der Waals surface area contributed by atoms with Crippen molar-refractivity contribution in [2.24, 2.45) is 5.92 Å². The number of aromatic amines is 1. The van der Waals surface area contributed by atoms with Gasteiger partial charge >= 0.3 is 0 Å². The van der Waals surface area contributed by atoms with Gasteiger partial charge in [-0.25, -0.2) is 4.98 Å². The van der Waals surface area contributed by atoms with E-state index in [4.69, 9.17) is 4.74 Å². The van der Waals surface area contributed by atoms with E-state index >= 15 is 0 Å². The molecule has 1 aliphatic heterocycles. The quantitative estimate of drug-likeness (QED) is 0.769. The first-order chi connectivity index (χ1) is 11.8. The van der Waals surface area contributed by atoms with Crippen molar-refractivity contribution >= 4 is 16.8 Å². The number of rotatable bonds is 4. The lowest BCUT2D eigenvalue weighted by molar-refractivity contribution is 0.0920. The van der Waals surface area contributed by atoms with Crippen molar-refractivity contribution in [3.05, 3.63) is 60.3 Å². The van der Waals surface area contributed by atoms with E-state index in [9.17, 15) is 4.79 Å². The Morgan fingerprint density at radius 2 is 2.21 bits per heavy atom. The second kappa shape index (κ2) is 6.41. The fraction of sp³-hybridized carbons (Fsp3) is 0.278. The number of hydrogen-bond donors (Lipinski definition) is 2. The predicted octanol–water partition coefficient (Wildman–Crippen LogP) is 1.95. The zero-order chi connectivity index (χ0) is 16.4. The standard InChI is InChI=1S/C18H18N4O2/c23-18(16-8-19-11-21-16)22-17-10-24-9-13(17)7-12-5-6-20-15-4-2-1-3-14(12)15/h1-6,8,11,13,17H,7,9-10H2,(H,19,21)(H,22,23)/t13-,17-/m1/s1. The van der Waals surface area contributed by atoms with E-state index in [1.165, 1.54) is 18.1 Å². The van der Waals surface area contributed by atoms with Gasteiger partial charge in [0.15, 0.2) is 0 Å². The van der Waals surface area contributed by atoms with Gasteiger partial charge in [0.1, 0.15) is 5.69 Å². The van der Waals surface area contributed by atoms with Crippen LogP contribution in [-0.4, -0.2) is 40.1 Å². The Kier molecular flexibility index (Phi) is 3.96. The Labute approximate surface area is 139 Å². The third kappa shape index (κ3) is 2.88. The molecule has 0 bridgehead atoms. The van der Waals surface area contributed by atoms with Crippen molar-refractivity contribution in [2.45, 2.75) is 12.5 Å². The lowest BCUT2D eigenvalue weighted by Crippen LogP contribution is -2.40. The number of carbonyl (C=O) groups excluding carboxylic acids is 1. The Bertz CT molecular complexity index is 842. The minimum Gasteiger partial charge on any atom is -0.379 e. The van der Waals surface area contributed by atoms with Crippen molar-refractivity contribution in [1.82, 2.24) is 20.3 Å². The molecule has 1 aliphatic rings. The molecule has 3 heterocycles. The number of aromatic nitrogens is 3. The Morgan fingerprint density at radius 3 is 3.08 bits per heavy atom. The summed E-state index contributed by atoms with van der Waals surface area (Å²) in [6, 6.07) is 10.2. The summed E-state index contributed by atoms with van der Waals surface area (Å²) in [5, 5.41) is 4.21. The molecule has 1 amide bonds. The third-order valence-electron chi connectivity index (χ3n) is 4.48. The van der Waals surface area contributed by atoms with Gasteiger partial charge in [0.2, 0.25) is 0 Å². The number of H-pyrrole nitrogens is 1. The van der Waals surface area contributed by atoms with Crippen LogP contribution in [0.25, 0.3) is 10.9 Å². The normalized spacial score (nSPS) is 20.3. The zero-order valence-corrected chi connectivity index (χ0v) is 13.1. The highest BCUT2D eigenvalue weighted by molar-refractivity contribution is 5.92. The van der Waals surface area contributed by atoms with E-state index in [2.05, 4.69) is 32.4 Å². The van der Waals surface area contributed by atoms with Crippen LogP contribution in [0.15, 0.2) is 49.1 Å². The lowest BCUT2D eigenvalue weighted by atomic mass is 9.93. The van der Waals surface area contributed by atoms with Crippen LogP contribution in [0.2, 0.25) is 0 Å². The maximum atomic E-state index is 12.2. The van der Waals surface area contributed by atoms with Gasteiger partial charge in [0.25, 0.3) is 5.91 Å². The summed E-state index contributed by atoms with van der Waals surface area (Å²) in [5.74, 6) is 0.0928. The predicted molar refractivity (Wildman–Crippen MR) is 89.6 cm³/mol. The minimum absolute atomic E-state index is 0.00673. The Hall–Kier alpha value is -2.73. The number of imidazole rings is 1. The van der Waals surface area contributed by atoms with E-state index < -0.39 is 0 Å². The maximum Gasteiger partial charge on any atom is 0.269 e. The molecule has 1 saturated heterocycles. The average molecular weight is 322 g/mol. The summed E-state index contributed by atoms with van der Waals surface area (Å²) in [6.45, 7) is 1.18. The fourth-order valence-electron chi connectivity index (χ4n) is 3.20. The summed E-state index contributed by atoms with van der Waals surface area (Å²) in [7, 11) is 0. The van der Waals surface area contributed by atoms with Crippen LogP contribution in [0, 0.1) is 5.92 Å². The average Bonchev–Trinajstić information content (AvgIpc) is 3.28. The highest BCUT2D eigenvalue weighted by Crippen LogP contribution is 2.24. The van der Waals surface area contributed by atoms with Gasteiger partial charge in [-0.15, -0.1) is 0 Å². The number of nitrogens with zero attached hydrogens (tertiary/aromatic N) is 2. The van der Waals surface area contributed by atoms with Gasteiger partial charge in [0, 0.05) is 17.5 Å². The number of pyridine rings is 1. The number of fused-ring (bicyclic) bond motifs is 1. The molecule has 24 heavy (non-hydrogen) atoms. The molecule has 6 nitrogen and oxygen atoms in total. The molecule has 2 atom stereocenters. The van der Waals surface area contributed by atoms with E-state index in [0.717, 1.165) is 17.3 Å². The SMILES string of the molecule is O=C(N[C@@H]1COC[C@H]1Cc1ccnc2ccccc12)c1cnc[nH]1. The zero-order valence-electron chi connectivity index (χ0n) is 13.1. The van der Waals surface area contributed by atoms with Crippen LogP contribution in [-0.2, 0) is 11.2 Å². The molecular weight excluding hydrogens is 304 g/mol. The second-order valence-electron chi connectivity index (χ2n) is 6.03. The first kappa shape index (κ1) is 14.8. The van der Waals surface area contributed by atoms with Crippen molar-refractivity contribution in [3.63, 3.8) is 0 Å². The molecule has 0 aliphatic carbocycles. The lowest BCUT2D eigenvalue weighted by Gasteiger charge is -2.19. The van der Waals surface area contributed by atoms with Gasteiger partial charge in [-0.1, -0.05) is 18.2 Å². The van der Waals surface area contributed by atoms with Crippen molar-refractivity contribution in [1.29, 1.82) is 0 Å². The van der Waals surface area contributed by atoms with Gasteiger partial charge in [-0.2, -0.15) is 0 Å². The van der Waals surface area contributed by atoms with E-state index in [1.54, 1.807) is 0 Å². The monoisotopic (exact) mass is 322 g/mol. The number of nitrogens with one attached hydrogen (secondary N) is 2. The van der Waals surface area contributed by atoms with Crippen molar-refractivity contribution in [3.8, 4) is 0 Å². The molecule has 4 rings (SSSR count). The van der Waals surface area contributed by atoms with Crippen LogP contribution in [0.5, 0.6) is 0 Å². The molecule has 0 unspecified atom stereocenters. The van der Waals surface area contributed by atoms with Crippen molar-refractivity contribution < 1.29 is 9.53 Å². The Balaban J connectivity index is 1.51. The summed E-state index contributed by atoms with van der Waals surface area (Å²) in [5.41, 5.74) is 2.69. The van der Waals surface area contributed by atoms with E-state index in [0.29, 0.717) is 18.9 Å². The molecule has 6 heteroatoms. The number of carbonyl (C=O) groups is 1. The van der Waals surface area contributed by atoms with E-state index in [1.807, 2.05) is 24.4 Å². The fourth-order valence-corrected chi connectivity index (χ4v) is 3.20. The van der Waals surface area contributed by atoms with Gasteiger partial charge < -0.3 is 15.0 Å². The van der Waals surface area contributed by atoms with Gasteiger partial charge in [-0.3, -0.25) is 9.78 Å². The first-order valence-corrected chi connectivity index (χ1v) is 8.01. The number of amides is 1. The minimum atomic E-state index is -0.146. The summed E-state index contributed by atoms with van der Waals surface area (Å²) in [6.07, 6.45) is 5.71. The molecule has 0 saturated carbocycles. The first-order valence-electron chi connectivity index (χ1n) is 8.01. The highest BCUT2D eigenvalue weighted by Gasteiger charge is 2.30. The molecule has 2 aromatic heterocycles. The molecule has 0 spiro atoms. The topological polar surface area (TPSA) is 79.9 Å². The van der Waals surface area contributed by atoms with Crippen LogP contribution in [0.3, 0.4) is 0 Å². The van der Waals surface area contributed by atoms with E-state index in [-0.39, 0.29) is 17.9 Å². The third-order valence-corrected chi connectivity index (χ3v) is 4.48. The molecule has 122 valence electrons. The molecule has 2 N–H and O–H groups in total. The molecular formula is C18H18N4O2. The van der Waals surface area contributed by atoms with Crippen LogP contribution in [0.1, 0.15) is 16.1 Å². The second-order valence-corrected chi connectivity index (χ2v) is 6.03. The number of ether oxygens (including phenoxy) is 1. The Morgan fingerprint density at radius 1 is 1.29 bits per heavy atom. The largest absolute Gasteiger partial charge is 0.379 e.